The van der Waals surface area contributed by atoms with Crippen molar-refractivity contribution < 1.29 is 17.9 Å². The molecule has 0 heterocycles. The summed E-state index contributed by atoms with van der Waals surface area (Å²) in [4.78, 5) is 11.6. The van der Waals surface area contributed by atoms with Crippen LogP contribution < -0.4 is 5.32 Å². The van der Waals surface area contributed by atoms with E-state index in [0.29, 0.717) is 13.1 Å². The number of carbonyl (C=O) groups excluding carboxylic acids is 1. The maximum atomic E-state index is 12.4. The molecule has 0 saturated heterocycles. The van der Waals surface area contributed by atoms with Gasteiger partial charge in [-0.15, -0.1) is 12.4 Å². The lowest BCUT2D eigenvalue weighted by atomic mass is 10.2. The monoisotopic (exact) mass is 322 g/mol. The lowest BCUT2D eigenvalue weighted by Gasteiger charge is -2.18. The van der Waals surface area contributed by atoms with Crippen LogP contribution in [0.4, 0.5) is 0 Å². The number of nitrogens with zero attached hydrogens (tertiary/aromatic N) is 1. The Morgan fingerprint density at radius 2 is 1.95 bits per heavy atom. The summed E-state index contributed by atoms with van der Waals surface area (Å²) in [6.07, 6.45) is 0. The van der Waals surface area contributed by atoms with Gasteiger partial charge in [-0.3, -0.25) is 0 Å². The van der Waals surface area contributed by atoms with Gasteiger partial charge in [-0.1, -0.05) is 12.1 Å². The van der Waals surface area contributed by atoms with Crippen LogP contribution in [0.5, 0.6) is 0 Å². The fraction of sp³-hybridized carbons (Fsp3) is 0.417. The molecule has 0 aromatic heterocycles. The van der Waals surface area contributed by atoms with E-state index in [2.05, 4.69) is 10.1 Å². The number of esters is 1. The van der Waals surface area contributed by atoms with Crippen LogP contribution in [-0.2, 0) is 14.8 Å². The Kier molecular flexibility index (Phi) is 7.74. The first-order valence-corrected chi connectivity index (χ1v) is 7.17. The molecule has 20 heavy (non-hydrogen) atoms. The molecule has 0 aliphatic rings. The van der Waals surface area contributed by atoms with Crippen molar-refractivity contribution in [1.29, 1.82) is 0 Å². The number of halogens is 1. The van der Waals surface area contributed by atoms with Crippen LogP contribution in [0.25, 0.3) is 0 Å². The number of sulfonamides is 1. The zero-order valence-corrected chi connectivity index (χ0v) is 13.3. The Morgan fingerprint density at radius 1 is 1.35 bits per heavy atom. The van der Waals surface area contributed by atoms with Gasteiger partial charge in [0.05, 0.1) is 17.6 Å². The number of methoxy groups -OCH3 is 1. The molecule has 0 fully saturated rings. The largest absolute Gasteiger partial charge is 0.465 e. The number of benzene rings is 1. The predicted molar refractivity (Wildman–Crippen MR) is 78.8 cm³/mol. The van der Waals surface area contributed by atoms with Crippen LogP contribution in [0.15, 0.2) is 29.2 Å². The predicted octanol–water partition coefficient (Wildman–Crippen LogP) is 0.735. The van der Waals surface area contributed by atoms with Gasteiger partial charge in [-0.2, -0.15) is 4.31 Å². The minimum atomic E-state index is -3.70. The normalized spacial score (nSPS) is 11.0. The van der Waals surface area contributed by atoms with Gasteiger partial charge in [0.25, 0.3) is 0 Å². The van der Waals surface area contributed by atoms with Crippen molar-refractivity contribution in [1.82, 2.24) is 9.62 Å². The molecule has 0 unspecified atom stereocenters. The van der Waals surface area contributed by atoms with Crippen molar-refractivity contribution in [2.75, 3.05) is 34.3 Å². The molecule has 1 N–H and O–H groups in total. The highest BCUT2D eigenvalue weighted by molar-refractivity contribution is 7.89. The van der Waals surface area contributed by atoms with Gasteiger partial charge >= 0.3 is 5.97 Å². The number of likely N-dealkylation sites (N-methyl/N-ethyl adjacent to an activating group) is 2. The minimum absolute atomic E-state index is 0. The summed E-state index contributed by atoms with van der Waals surface area (Å²) in [5.41, 5.74) is 0.0429. The van der Waals surface area contributed by atoms with Crippen LogP contribution in [0.3, 0.4) is 0 Å². The Labute approximate surface area is 125 Å². The summed E-state index contributed by atoms with van der Waals surface area (Å²) in [5, 5.41) is 2.87. The van der Waals surface area contributed by atoms with Gasteiger partial charge in [0, 0.05) is 20.1 Å². The van der Waals surface area contributed by atoms with Crippen molar-refractivity contribution in [3.8, 4) is 0 Å². The second kappa shape index (κ2) is 8.21. The molecular weight excluding hydrogens is 304 g/mol. The van der Waals surface area contributed by atoms with Crippen molar-refractivity contribution in [3.63, 3.8) is 0 Å². The Morgan fingerprint density at radius 3 is 2.50 bits per heavy atom. The average molecular weight is 323 g/mol. The third-order valence-corrected chi connectivity index (χ3v) is 4.57. The van der Waals surface area contributed by atoms with E-state index in [1.165, 1.54) is 30.6 Å². The molecule has 0 amide bonds. The van der Waals surface area contributed by atoms with Crippen molar-refractivity contribution in [3.05, 3.63) is 29.8 Å². The highest BCUT2D eigenvalue weighted by atomic mass is 35.5. The zero-order valence-electron chi connectivity index (χ0n) is 11.6. The van der Waals surface area contributed by atoms with Crippen LogP contribution in [0, 0.1) is 0 Å². The highest BCUT2D eigenvalue weighted by Gasteiger charge is 2.26. The molecule has 6 nitrogen and oxygen atoms in total. The summed E-state index contributed by atoms with van der Waals surface area (Å²) in [5.74, 6) is -0.666. The summed E-state index contributed by atoms with van der Waals surface area (Å²) >= 11 is 0. The van der Waals surface area contributed by atoms with Gasteiger partial charge < -0.3 is 10.1 Å². The number of rotatable bonds is 6. The SMILES string of the molecule is CNCCN(C)S(=O)(=O)c1ccccc1C(=O)OC.Cl. The van der Waals surface area contributed by atoms with Crippen molar-refractivity contribution >= 4 is 28.4 Å². The van der Waals surface area contributed by atoms with Crippen molar-refractivity contribution in [2.24, 2.45) is 0 Å². The second-order valence-electron chi connectivity index (χ2n) is 3.92. The van der Waals surface area contributed by atoms with Crippen molar-refractivity contribution in [2.45, 2.75) is 4.90 Å². The summed E-state index contributed by atoms with van der Waals surface area (Å²) in [6.45, 7) is 0.838. The first kappa shape index (κ1) is 18.9. The van der Waals surface area contributed by atoms with E-state index >= 15 is 0 Å². The van der Waals surface area contributed by atoms with E-state index < -0.39 is 16.0 Å². The van der Waals surface area contributed by atoms with Gasteiger partial charge in [-0.05, 0) is 19.2 Å². The summed E-state index contributed by atoms with van der Waals surface area (Å²) in [7, 11) is 0.726. The molecule has 0 aliphatic heterocycles. The molecule has 0 aliphatic carbocycles. The van der Waals surface area contributed by atoms with E-state index in [4.69, 9.17) is 0 Å². The number of nitrogens with one attached hydrogen (secondary N) is 1. The van der Waals surface area contributed by atoms with E-state index in [0.717, 1.165) is 0 Å². The first-order chi connectivity index (χ1) is 8.95. The summed E-state index contributed by atoms with van der Waals surface area (Å²) < 4.78 is 30.5. The molecule has 0 bridgehead atoms. The number of carbonyl (C=O) groups is 1. The second-order valence-corrected chi connectivity index (χ2v) is 5.93. The molecule has 1 aromatic rings. The fourth-order valence-corrected chi connectivity index (χ4v) is 2.87. The molecule has 0 radical (unpaired) electrons. The van der Waals surface area contributed by atoms with E-state index in [1.54, 1.807) is 19.2 Å². The third kappa shape index (κ3) is 4.17. The molecule has 114 valence electrons. The summed E-state index contributed by atoms with van der Waals surface area (Å²) in [6, 6.07) is 6.01. The van der Waals surface area contributed by atoms with Gasteiger partial charge in [0.15, 0.2) is 0 Å². The number of ether oxygens (including phenoxy) is 1. The first-order valence-electron chi connectivity index (χ1n) is 5.73. The fourth-order valence-electron chi connectivity index (χ4n) is 1.53. The lowest BCUT2D eigenvalue weighted by molar-refractivity contribution is 0.0596. The van der Waals surface area contributed by atoms with Gasteiger partial charge in [0.2, 0.25) is 10.0 Å². The highest BCUT2D eigenvalue weighted by Crippen LogP contribution is 2.19. The van der Waals surface area contributed by atoms with Crippen LogP contribution in [0.2, 0.25) is 0 Å². The van der Waals surface area contributed by atoms with Crippen LogP contribution in [-0.4, -0.2) is 53.0 Å². The Balaban J connectivity index is 0.00000361. The third-order valence-electron chi connectivity index (χ3n) is 2.66. The maximum Gasteiger partial charge on any atom is 0.339 e. The molecule has 0 spiro atoms. The van der Waals surface area contributed by atoms with Gasteiger partial charge in [-0.25, -0.2) is 13.2 Å². The van der Waals surface area contributed by atoms with Crippen LogP contribution >= 0.6 is 12.4 Å². The molecule has 1 rings (SSSR count). The standard InChI is InChI=1S/C12H18N2O4S.ClH/c1-13-8-9-14(2)19(16,17)11-7-5-4-6-10(11)12(15)18-3;/h4-7,13H,8-9H2,1-3H3;1H. The number of hydrogen-bond donors (Lipinski definition) is 1. The average Bonchev–Trinajstić information content (AvgIpc) is 2.43. The van der Waals surface area contributed by atoms with Gasteiger partial charge in [0.1, 0.15) is 0 Å². The number of hydrogen-bond acceptors (Lipinski definition) is 5. The maximum absolute atomic E-state index is 12.4. The molecule has 1 aromatic carbocycles. The molecule has 0 saturated carbocycles. The Hall–Kier alpha value is -1.15. The molecule has 0 atom stereocenters. The quantitative estimate of drug-likeness (QED) is 0.782. The smallest absolute Gasteiger partial charge is 0.339 e. The van der Waals surface area contributed by atoms with E-state index in [9.17, 15) is 13.2 Å². The molecule has 8 heteroatoms. The van der Waals surface area contributed by atoms with E-state index in [-0.39, 0.29) is 22.9 Å². The minimum Gasteiger partial charge on any atom is -0.465 e. The lowest BCUT2D eigenvalue weighted by Crippen LogP contribution is -2.33. The zero-order chi connectivity index (χ0) is 14.5. The Bertz CT molecular complexity index is 548. The topological polar surface area (TPSA) is 75.7 Å². The van der Waals surface area contributed by atoms with Crippen LogP contribution in [0.1, 0.15) is 10.4 Å². The molecular formula is C12H19ClN2O4S. The van der Waals surface area contributed by atoms with E-state index in [1.807, 2.05) is 0 Å².